The zero-order valence-corrected chi connectivity index (χ0v) is 22.8. The molecule has 0 saturated heterocycles. The first kappa shape index (κ1) is 27.2. The third-order valence-electron chi connectivity index (χ3n) is 6.00. The fourth-order valence-electron chi connectivity index (χ4n) is 4.11. The van der Waals surface area contributed by atoms with Crippen molar-refractivity contribution in [1.82, 2.24) is 10.3 Å². The van der Waals surface area contributed by atoms with E-state index in [9.17, 15) is 14.7 Å². The van der Waals surface area contributed by atoms with Gasteiger partial charge in [0.2, 0.25) is 0 Å². The molecule has 0 bridgehead atoms. The smallest absolute Gasteiger partial charge is 0.321 e. The average Bonchev–Trinajstić information content (AvgIpc) is 3.30. The van der Waals surface area contributed by atoms with Gasteiger partial charge in [0.1, 0.15) is 6.04 Å². The minimum atomic E-state index is -0.932. The highest BCUT2D eigenvalue weighted by Crippen LogP contribution is 2.37. The highest BCUT2D eigenvalue weighted by atomic mass is 79.9. The Hall–Kier alpha value is -3.82. The average molecular weight is 580 g/mol. The molecule has 0 unspecified atom stereocenters. The molecule has 4 aromatic rings. The lowest BCUT2D eigenvalue weighted by Gasteiger charge is -2.18. The quantitative estimate of drug-likeness (QED) is 0.178. The van der Waals surface area contributed by atoms with Crippen LogP contribution in [0.5, 0.6) is 11.5 Å². The van der Waals surface area contributed by atoms with Gasteiger partial charge in [-0.3, -0.25) is 9.59 Å². The Balaban J connectivity index is 1.42. The fraction of sp³-hybridized carbons (Fsp3) is 0.241. The zero-order valence-electron chi connectivity index (χ0n) is 21.2. The van der Waals surface area contributed by atoms with Crippen molar-refractivity contribution in [3.05, 3.63) is 88.0 Å². The third-order valence-corrected chi connectivity index (χ3v) is 6.59. The zero-order chi connectivity index (χ0) is 27.1. The van der Waals surface area contributed by atoms with Gasteiger partial charge in [-0.1, -0.05) is 35.9 Å². The molecule has 0 aliphatic rings. The number of aryl methyl sites for hydroxylation is 1. The predicted octanol–water partition coefficient (Wildman–Crippen LogP) is 5.44. The molecule has 4 rings (SSSR count). The lowest BCUT2D eigenvalue weighted by atomic mass is 10.0. The van der Waals surface area contributed by atoms with Gasteiger partial charge in [0.15, 0.2) is 18.1 Å². The summed E-state index contributed by atoms with van der Waals surface area (Å²) in [7, 11) is 0. The largest absolute Gasteiger partial charge is 0.490 e. The van der Waals surface area contributed by atoms with E-state index in [1.165, 1.54) is 0 Å². The van der Waals surface area contributed by atoms with E-state index < -0.39 is 12.0 Å². The van der Waals surface area contributed by atoms with Crippen LogP contribution in [0.2, 0.25) is 0 Å². The Labute approximate surface area is 229 Å². The highest BCUT2D eigenvalue weighted by Gasteiger charge is 2.20. The van der Waals surface area contributed by atoms with Crippen LogP contribution >= 0.6 is 15.9 Å². The van der Waals surface area contributed by atoms with Crippen LogP contribution in [0.3, 0.4) is 0 Å². The van der Waals surface area contributed by atoms with Gasteiger partial charge < -0.3 is 30.2 Å². The number of halogens is 1. The number of carbonyl (C=O) groups excluding carboxylic acids is 1. The number of aromatic amines is 1. The number of aliphatic carboxylic acids is 1. The van der Waals surface area contributed by atoms with Gasteiger partial charge >= 0.3 is 5.97 Å². The first-order chi connectivity index (χ1) is 18.3. The first-order valence-electron chi connectivity index (χ1n) is 12.3. The van der Waals surface area contributed by atoms with Gasteiger partial charge in [0.25, 0.3) is 5.91 Å². The van der Waals surface area contributed by atoms with Gasteiger partial charge in [-0.05, 0) is 71.2 Å². The molecule has 0 spiro atoms. The number of amides is 1. The number of H-pyrrole nitrogens is 1. The number of carboxylic acids is 1. The number of anilines is 1. The van der Waals surface area contributed by atoms with Crippen molar-refractivity contribution in [1.29, 1.82) is 0 Å². The fourth-order valence-corrected chi connectivity index (χ4v) is 4.71. The summed E-state index contributed by atoms with van der Waals surface area (Å²) in [6.45, 7) is 4.33. The van der Waals surface area contributed by atoms with E-state index in [2.05, 4.69) is 31.5 Å². The monoisotopic (exact) mass is 579 g/mol. The summed E-state index contributed by atoms with van der Waals surface area (Å²) in [5.41, 5.74) is 4.51. The van der Waals surface area contributed by atoms with E-state index in [4.69, 9.17) is 9.47 Å². The maximum Gasteiger partial charge on any atom is 0.321 e. The molecule has 1 atom stereocenters. The Kier molecular flexibility index (Phi) is 9.04. The first-order valence-corrected chi connectivity index (χ1v) is 13.1. The number of para-hydroxylation sites is 1. The molecular formula is C29H30BrN3O5. The molecule has 1 aromatic heterocycles. The van der Waals surface area contributed by atoms with Crippen molar-refractivity contribution in [3.8, 4) is 11.5 Å². The molecule has 1 amide bonds. The number of carboxylic acid groups (broad SMARTS) is 1. The Morgan fingerprint density at radius 1 is 1.08 bits per heavy atom. The maximum atomic E-state index is 12.4. The van der Waals surface area contributed by atoms with E-state index in [1.807, 2.05) is 74.6 Å². The van der Waals surface area contributed by atoms with Crippen molar-refractivity contribution in [2.45, 2.75) is 32.9 Å². The standard InChI is InChI=1S/C29H30BrN3O5/c1-3-37-26-13-19(12-23(30)28(26)38-17-27(34)33-21-10-8-18(2)9-11-21)15-31-25(29(35)36)14-20-16-32-24-7-5-4-6-22(20)24/h4-13,16,25,31-32H,3,14-15,17H2,1-2H3,(H,33,34)(H,35,36)/t25-/m0/s1. The van der Waals surface area contributed by atoms with E-state index in [-0.39, 0.29) is 12.5 Å². The van der Waals surface area contributed by atoms with Crippen molar-refractivity contribution in [3.63, 3.8) is 0 Å². The van der Waals surface area contributed by atoms with Gasteiger partial charge in [-0.2, -0.15) is 0 Å². The number of benzene rings is 3. The molecule has 9 heteroatoms. The molecule has 8 nitrogen and oxygen atoms in total. The predicted molar refractivity (Wildman–Crippen MR) is 151 cm³/mol. The highest BCUT2D eigenvalue weighted by molar-refractivity contribution is 9.10. The van der Waals surface area contributed by atoms with Crippen LogP contribution < -0.4 is 20.1 Å². The Bertz CT molecular complexity index is 1420. The van der Waals surface area contributed by atoms with E-state index in [0.717, 1.165) is 27.6 Å². The summed E-state index contributed by atoms with van der Waals surface area (Å²) in [4.78, 5) is 27.6. The van der Waals surface area contributed by atoms with E-state index >= 15 is 0 Å². The molecule has 3 aromatic carbocycles. The summed E-state index contributed by atoms with van der Waals surface area (Å²) in [6, 6.07) is 18.1. The molecule has 0 radical (unpaired) electrons. The number of fused-ring (bicyclic) bond motifs is 1. The van der Waals surface area contributed by atoms with Crippen molar-refractivity contribution in [2.75, 3.05) is 18.5 Å². The van der Waals surface area contributed by atoms with Crippen LogP contribution in [0.15, 0.2) is 71.3 Å². The number of aromatic nitrogens is 1. The van der Waals surface area contributed by atoms with Gasteiger partial charge in [0, 0.05) is 35.8 Å². The van der Waals surface area contributed by atoms with Crippen molar-refractivity contribution >= 4 is 44.4 Å². The second-order valence-electron chi connectivity index (χ2n) is 8.88. The molecule has 0 aliphatic heterocycles. The van der Waals surface area contributed by atoms with Crippen LogP contribution in [0.25, 0.3) is 10.9 Å². The second-order valence-corrected chi connectivity index (χ2v) is 9.73. The maximum absolute atomic E-state index is 12.4. The van der Waals surface area contributed by atoms with E-state index in [1.54, 1.807) is 6.07 Å². The number of carbonyl (C=O) groups is 2. The van der Waals surface area contributed by atoms with Crippen LogP contribution in [0.1, 0.15) is 23.6 Å². The Morgan fingerprint density at radius 3 is 2.58 bits per heavy atom. The van der Waals surface area contributed by atoms with Gasteiger partial charge in [-0.15, -0.1) is 0 Å². The topological polar surface area (TPSA) is 113 Å². The SMILES string of the molecule is CCOc1cc(CN[C@@H](Cc2c[nH]c3ccccc23)C(=O)O)cc(Br)c1OCC(=O)Nc1ccc(C)cc1. The molecule has 0 saturated carbocycles. The molecular weight excluding hydrogens is 550 g/mol. The lowest BCUT2D eigenvalue weighted by Crippen LogP contribution is -2.38. The van der Waals surface area contributed by atoms with Gasteiger partial charge in [-0.25, -0.2) is 0 Å². The Morgan fingerprint density at radius 2 is 1.84 bits per heavy atom. The number of hydrogen-bond acceptors (Lipinski definition) is 5. The summed E-state index contributed by atoms with van der Waals surface area (Å²) in [5, 5.41) is 16.8. The summed E-state index contributed by atoms with van der Waals surface area (Å²) in [5.74, 6) is -0.358. The lowest BCUT2D eigenvalue weighted by molar-refractivity contribution is -0.139. The molecule has 0 fully saturated rings. The minimum Gasteiger partial charge on any atom is -0.490 e. The number of ether oxygens (including phenoxy) is 2. The van der Waals surface area contributed by atoms with Gasteiger partial charge in [0.05, 0.1) is 11.1 Å². The van der Waals surface area contributed by atoms with Crippen molar-refractivity contribution < 1.29 is 24.2 Å². The minimum absolute atomic E-state index is 0.199. The molecule has 38 heavy (non-hydrogen) atoms. The summed E-state index contributed by atoms with van der Waals surface area (Å²) in [6.07, 6.45) is 2.18. The number of nitrogens with one attached hydrogen (secondary N) is 3. The molecule has 0 aliphatic carbocycles. The molecule has 1 heterocycles. The molecule has 4 N–H and O–H groups in total. The summed E-state index contributed by atoms with van der Waals surface area (Å²) >= 11 is 3.52. The number of rotatable bonds is 12. The third kappa shape index (κ3) is 6.93. The van der Waals surface area contributed by atoms with Crippen molar-refractivity contribution in [2.24, 2.45) is 0 Å². The van der Waals surface area contributed by atoms with Crippen LogP contribution in [-0.4, -0.2) is 41.2 Å². The second kappa shape index (κ2) is 12.6. The summed E-state index contributed by atoms with van der Waals surface area (Å²) < 4.78 is 12.2. The normalized spacial score (nSPS) is 11.8. The molecule has 198 valence electrons. The van der Waals surface area contributed by atoms with Crippen LogP contribution in [-0.2, 0) is 22.6 Å². The van der Waals surface area contributed by atoms with E-state index in [0.29, 0.717) is 41.2 Å². The van der Waals surface area contributed by atoms with Crippen LogP contribution in [0, 0.1) is 6.92 Å². The number of hydrogen-bond donors (Lipinski definition) is 4. The van der Waals surface area contributed by atoms with Crippen LogP contribution in [0.4, 0.5) is 5.69 Å².